The summed E-state index contributed by atoms with van der Waals surface area (Å²) in [6.45, 7) is 0.919. The lowest BCUT2D eigenvalue weighted by Gasteiger charge is -2.22. The van der Waals surface area contributed by atoms with Gasteiger partial charge < -0.3 is 9.64 Å². The van der Waals surface area contributed by atoms with E-state index >= 15 is 0 Å². The molecule has 0 N–H and O–H groups in total. The highest BCUT2D eigenvalue weighted by Gasteiger charge is 2.17. The summed E-state index contributed by atoms with van der Waals surface area (Å²) in [6, 6.07) is 32.3. The zero-order chi connectivity index (χ0) is 26.3. The summed E-state index contributed by atoms with van der Waals surface area (Å²) >= 11 is 6.14. The molecule has 4 aromatic carbocycles. The fourth-order valence-corrected chi connectivity index (χ4v) is 5.47. The van der Waals surface area contributed by atoms with Gasteiger partial charge in [0.1, 0.15) is 12.4 Å². The average molecular weight is 524 g/mol. The third-order valence-corrected chi connectivity index (χ3v) is 7.72. The zero-order valence-electron chi connectivity index (χ0n) is 21.9. The molecule has 1 saturated carbocycles. The molecule has 194 valence electrons. The molecule has 0 aliphatic heterocycles. The summed E-state index contributed by atoms with van der Waals surface area (Å²) in [6.07, 6.45) is 6.57. The Kier molecular flexibility index (Phi) is 8.45. The molecular formula is C34H34ClNO2. The average Bonchev–Trinajstić information content (AvgIpc) is 2.97. The van der Waals surface area contributed by atoms with Crippen LogP contribution in [0.1, 0.15) is 65.1 Å². The zero-order valence-corrected chi connectivity index (χ0v) is 22.7. The standard InChI is InChI=1S/C34H34ClNO2/c1-36(23-25-8-4-2-5-9-25)34(37)29-16-21-33(28-12-17-31(35)18-13-28)30(22-29)24-38-32-19-14-27(15-20-32)26-10-6-3-7-11-26/h2,4-5,8-9,12-22,26H,3,6-7,10-11,23-24H2,1H3. The normalized spacial score (nSPS) is 13.7. The minimum absolute atomic E-state index is 0.0189. The van der Waals surface area contributed by atoms with Gasteiger partial charge in [-0.15, -0.1) is 0 Å². The number of nitrogens with zero attached hydrogens (tertiary/aromatic N) is 1. The van der Waals surface area contributed by atoms with Crippen LogP contribution in [-0.4, -0.2) is 17.9 Å². The van der Waals surface area contributed by atoms with Crippen LogP contribution in [0, 0.1) is 0 Å². The monoisotopic (exact) mass is 523 g/mol. The number of benzene rings is 4. The van der Waals surface area contributed by atoms with E-state index in [9.17, 15) is 4.79 Å². The molecule has 0 heterocycles. The highest BCUT2D eigenvalue weighted by molar-refractivity contribution is 6.30. The van der Waals surface area contributed by atoms with Crippen molar-refractivity contribution in [2.24, 2.45) is 0 Å². The molecule has 1 fully saturated rings. The first kappa shape index (κ1) is 26.1. The Morgan fingerprint density at radius 1 is 0.868 bits per heavy atom. The van der Waals surface area contributed by atoms with E-state index in [4.69, 9.17) is 16.3 Å². The maximum atomic E-state index is 13.3. The summed E-state index contributed by atoms with van der Waals surface area (Å²) < 4.78 is 6.26. The van der Waals surface area contributed by atoms with E-state index in [2.05, 4.69) is 24.3 Å². The fourth-order valence-electron chi connectivity index (χ4n) is 5.34. The molecule has 38 heavy (non-hydrogen) atoms. The van der Waals surface area contributed by atoms with Crippen molar-refractivity contribution in [3.63, 3.8) is 0 Å². The summed E-state index contributed by atoms with van der Waals surface area (Å²) in [5.74, 6) is 1.49. The van der Waals surface area contributed by atoms with Gasteiger partial charge in [-0.1, -0.05) is 91.5 Å². The molecule has 4 aromatic rings. The number of carbonyl (C=O) groups excluding carboxylic acids is 1. The lowest BCUT2D eigenvalue weighted by Crippen LogP contribution is -2.26. The molecular weight excluding hydrogens is 490 g/mol. The molecule has 0 atom stereocenters. The maximum Gasteiger partial charge on any atom is 0.253 e. The smallest absolute Gasteiger partial charge is 0.253 e. The van der Waals surface area contributed by atoms with Crippen LogP contribution in [0.5, 0.6) is 5.75 Å². The van der Waals surface area contributed by atoms with Gasteiger partial charge in [-0.25, -0.2) is 0 Å². The molecule has 1 aliphatic carbocycles. The Labute approximate surface area is 231 Å². The van der Waals surface area contributed by atoms with Gasteiger partial charge in [-0.05, 0) is 83.0 Å². The lowest BCUT2D eigenvalue weighted by atomic mass is 9.84. The van der Waals surface area contributed by atoms with Gasteiger partial charge in [0.15, 0.2) is 0 Å². The highest BCUT2D eigenvalue weighted by Crippen LogP contribution is 2.34. The van der Waals surface area contributed by atoms with Crippen molar-refractivity contribution in [3.05, 3.63) is 124 Å². The van der Waals surface area contributed by atoms with Crippen molar-refractivity contribution in [2.45, 2.75) is 51.2 Å². The second-order valence-electron chi connectivity index (χ2n) is 10.2. The molecule has 3 nitrogen and oxygen atoms in total. The van der Waals surface area contributed by atoms with Gasteiger partial charge in [0.05, 0.1) is 0 Å². The quantitative estimate of drug-likeness (QED) is 0.231. The molecule has 4 heteroatoms. The third-order valence-electron chi connectivity index (χ3n) is 7.47. The molecule has 0 spiro atoms. The van der Waals surface area contributed by atoms with Gasteiger partial charge >= 0.3 is 0 Å². The molecule has 5 rings (SSSR count). The second-order valence-corrected chi connectivity index (χ2v) is 10.7. The first-order chi connectivity index (χ1) is 18.6. The van der Waals surface area contributed by atoms with Crippen molar-refractivity contribution in [1.82, 2.24) is 4.90 Å². The van der Waals surface area contributed by atoms with Crippen LogP contribution < -0.4 is 4.74 Å². The predicted molar refractivity (Wildman–Crippen MR) is 156 cm³/mol. The van der Waals surface area contributed by atoms with Crippen LogP contribution in [0.25, 0.3) is 11.1 Å². The SMILES string of the molecule is CN(Cc1ccccc1)C(=O)c1ccc(-c2ccc(Cl)cc2)c(COc2ccc(C3CCCCC3)cc2)c1. The Morgan fingerprint density at radius 3 is 2.29 bits per heavy atom. The predicted octanol–water partition coefficient (Wildman–Crippen LogP) is 8.91. The van der Waals surface area contributed by atoms with Crippen LogP contribution in [0.3, 0.4) is 0 Å². The topological polar surface area (TPSA) is 29.5 Å². The Hall–Kier alpha value is -3.56. The summed E-state index contributed by atoms with van der Waals surface area (Å²) in [5, 5.41) is 0.693. The Bertz CT molecular complexity index is 1340. The van der Waals surface area contributed by atoms with Crippen molar-refractivity contribution >= 4 is 17.5 Å². The van der Waals surface area contributed by atoms with E-state index in [1.807, 2.05) is 79.8 Å². The number of amides is 1. The van der Waals surface area contributed by atoms with E-state index < -0.39 is 0 Å². The van der Waals surface area contributed by atoms with Crippen LogP contribution in [0.4, 0.5) is 0 Å². The molecule has 0 unspecified atom stereocenters. The molecule has 0 aromatic heterocycles. The largest absolute Gasteiger partial charge is 0.489 e. The summed E-state index contributed by atoms with van der Waals surface area (Å²) in [7, 11) is 1.84. The Morgan fingerprint density at radius 2 is 1.58 bits per heavy atom. The molecule has 1 amide bonds. The van der Waals surface area contributed by atoms with Gasteiger partial charge in [0.25, 0.3) is 5.91 Å². The van der Waals surface area contributed by atoms with E-state index in [0.29, 0.717) is 29.7 Å². The number of carbonyl (C=O) groups is 1. The number of halogens is 1. The van der Waals surface area contributed by atoms with Gasteiger partial charge in [0, 0.05) is 24.2 Å². The number of hydrogen-bond acceptors (Lipinski definition) is 2. The summed E-state index contributed by atoms with van der Waals surface area (Å²) in [4.78, 5) is 15.1. The maximum absolute atomic E-state index is 13.3. The van der Waals surface area contributed by atoms with E-state index in [-0.39, 0.29) is 5.91 Å². The number of rotatable bonds is 8. The summed E-state index contributed by atoms with van der Waals surface area (Å²) in [5.41, 5.74) is 6.18. The van der Waals surface area contributed by atoms with Crippen molar-refractivity contribution in [3.8, 4) is 16.9 Å². The van der Waals surface area contributed by atoms with Crippen molar-refractivity contribution < 1.29 is 9.53 Å². The fraction of sp³-hybridized carbons (Fsp3) is 0.265. The van der Waals surface area contributed by atoms with E-state index in [1.54, 1.807) is 4.90 Å². The Balaban J connectivity index is 1.36. The van der Waals surface area contributed by atoms with Gasteiger partial charge in [0.2, 0.25) is 0 Å². The minimum atomic E-state index is -0.0189. The third kappa shape index (κ3) is 6.46. The minimum Gasteiger partial charge on any atom is -0.489 e. The van der Waals surface area contributed by atoms with Crippen molar-refractivity contribution in [2.75, 3.05) is 7.05 Å². The molecule has 0 saturated heterocycles. The molecule has 0 radical (unpaired) electrons. The lowest BCUT2D eigenvalue weighted by molar-refractivity contribution is 0.0785. The molecule has 1 aliphatic rings. The van der Waals surface area contributed by atoms with Crippen LogP contribution in [0.2, 0.25) is 5.02 Å². The van der Waals surface area contributed by atoms with Crippen molar-refractivity contribution in [1.29, 1.82) is 0 Å². The number of ether oxygens (including phenoxy) is 1. The first-order valence-electron chi connectivity index (χ1n) is 13.5. The molecule has 0 bridgehead atoms. The highest BCUT2D eigenvalue weighted by atomic mass is 35.5. The van der Waals surface area contributed by atoms with E-state index in [0.717, 1.165) is 28.0 Å². The van der Waals surface area contributed by atoms with Crippen LogP contribution in [-0.2, 0) is 13.2 Å². The number of hydrogen-bond donors (Lipinski definition) is 0. The van der Waals surface area contributed by atoms with Crippen LogP contribution >= 0.6 is 11.6 Å². The van der Waals surface area contributed by atoms with Gasteiger partial charge in [-0.2, -0.15) is 0 Å². The first-order valence-corrected chi connectivity index (χ1v) is 13.9. The van der Waals surface area contributed by atoms with E-state index in [1.165, 1.54) is 37.7 Å². The second kappa shape index (κ2) is 12.3. The van der Waals surface area contributed by atoms with Gasteiger partial charge in [-0.3, -0.25) is 4.79 Å². The van der Waals surface area contributed by atoms with Crippen LogP contribution in [0.15, 0.2) is 97.1 Å².